The molecule has 3 aromatic rings. The minimum Gasteiger partial charge on any atom is -0.350 e. The number of fused-ring (bicyclic) bond motifs is 1. The quantitative estimate of drug-likeness (QED) is 0.570. The first-order valence-corrected chi connectivity index (χ1v) is 11.5. The van der Waals surface area contributed by atoms with Crippen molar-refractivity contribution in [2.45, 2.75) is 45.3 Å². The van der Waals surface area contributed by atoms with Gasteiger partial charge in [-0.15, -0.1) is 0 Å². The Hall–Kier alpha value is -3.94. The van der Waals surface area contributed by atoms with Gasteiger partial charge in [-0.1, -0.05) is 36.4 Å². The molecule has 0 bridgehead atoms. The Morgan fingerprint density at radius 3 is 2.44 bits per heavy atom. The highest BCUT2D eigenvalue weighted by Gasteiger charge is 2.47. The van der Waals surface area contributed by atoms with Crippen LogP contribution < -0.4 is 10.6 Å². The van der Waals surface area contributed by atoms with Crippen molar-refractivity contribution in [2.24, 2.45) is 0 Å². The molecule has 8 nitrogen and oxygen atoms in total. The predicted octanol–water partition coefficient (Wildman–Crippen LogP) is 2.58. The van der Waals surface area contributed by atoms with Crippen molar-refractivity contribution in [3.63, 3.8) is 0 Å². The monoisotopic (exact) mass is 457 g/mol. The maximum Gasteiger partial charge on any atom is 0.255 e. The molecular formula is C26H27N5O3. The predicted molar refractivity (Wildman–Crippen MR) is 126 cm³/mol. The molecule has 1 aliphatic heterocycles. The molecule has 0 saturated heterocycles. The molecule has 1 atom stereocenters. The van der Waals surface area contributed by atoms with E-state index in [2.05, 4.69) is 15.7 Å². The third-order valence-electron chi connectivity index (χ3n) is 6.51. The van der Waals surface area contributed by atoms with Crippen molar-refractivity contribution in [3.05, 3.63) is 82.7 Å². The molecule has 2 heterocycles. The molecule has 34 heavy (non-hydrogen) atoms. The number of carbonyl (C=O) groups excluding carboxylic acids is 3. The van der Waals surface area contributed by atoms with Gasteiger partial charge in [0.05, 0.1) is 17.9 Å². The molecule has 1 fully saturated rings. The first-order chi connectivity index (χ1) is 16.5. The van der Waals surface area contributed by atoms with Crippen LogP contribution in [0.1, 0.15) is 51.8 Å². The summed E-state index contributed by atoms with van der Waals surface area (Å²) in [4.78, 5) is 40.1. The number of hydrogen-bond donors (Lipinski definition) is 2. The van der Waals surface area contributed by atoms with E-state index in [9.17, 15) is 14.4 Å². The van der Waals surface area contributed by atoms with E-state index >= 15 is 0 Å². The molecule has 2 N–H and O–H groups in total. The molecular weight excluding hydrogens is 430 g/mol. The zero-order valence-electron chi connectivity index (χ0n) is 19.2. The van der Waals surface area contributed by atoms with Crippen LogP contribution in [0.25, 0.3) is 5.69 Å². The number of hydrogen-bond acceptors (Lipinski definition) is 4. The van der Waals surface area contributed by atoms with Crippen molar-refractivity contribution in [2.75, 3.05) is 6.54 Å². The highest BCUT2D eigenvalue weighted by Crippen LogP contribution is 2.41. The van der Waals surface area contributed by atoms with Gasteiger partial charge in [0, 0.05) is 29.4 Å². The molecule has 2 aliphatic rings. The molecule has 3 amide bonds. The van der Waals surface area contributed by atoms with Crippen LogP contribution >= 0.6 is 0 Å². The first-order valence-electron chi connectivity index (χ1n) is 11.5. The van der Waals surface area contributed by atoms with Crippen LogP contribution in [0.3, 0.4) is 0 Å². The number of amides is 3. The van der Waals surface area contributed by atoms with Gasteiger partial charge in [0.25, 0.3) is 5.91 Å². The Balaban J connectivity index is 1.22. The summed E-state index contributed by atoms with van der Waals surface area (Å²) in [5.41, 5.74) is 4.97. The lowest BCUT2D eigenvalue weighted by atomic mass is 10.0. The van der Waals surface area contributed by atoms with E-state index < -0.39 is 6.04 Å². The van der Waals surface area contributed by atoms with Crippen LogP contribution in [0, 0.1) is 13.8 Å². The van der Waals surface area contributed by atoms with Gasteiger partial charge in [-0.05, 0) is 50.5 Å². The van der Waals surface area contributed by atoms with Crippen LogP contribution in [-0.4, -0.2) is 45.0 Å². The minimum atomic E-state index is -0.683. The van der Waals surface area contributed by atoms with Crippen LogP contribution in [0.5, 0.6) is 0 Å². The number of carbonyl (C=O) groups is 3. The zero-order chi connectivity index (χ0) is 23.8. The molecule has 2 aromatic carbocycles. The van der Waals surface area contributed by atoms with Crippen LogP contribution in [-0.2, 0) is 16.1 Å². The fraction of sp³-hybridized carbons (Fsp3) is 0.308. The van der Waals surface area contributed by atoms with Crippen LogP contribution in [0.15, 0.2) is 54.6 Å². The molecule has 1 aliphatic carbocycles. The number of para-hydroxylation sites is 1. The molecule has 1 saturated carbocycles. The highest BCUT2D eigenvalue weighted by atomic mass is 16.2. The Morgan fingerprint density at radius 1 is 1.00 bits per heavy atom. The van der Waals surface area contributed by atoms with E-state index in [0.717, 1.165) is 35.5 Å². The second kappa shape index (κ2) is 8.78. The molecule has 1 aromatic heterocycles. The lowest BCUT2D eigenvalue weighted by molar-refractivity contribution is -0.129. The van der Waals surface area contributed by atoms with E-state index in [-0.39, 0.29) is 30.3 Å². The summed E-state index contributed by atoms with van der Waals surface area (Å²) in [6.45, 7) is 4.04. The Kier molecular flexibility index (Phi) is 5.65. The second-order valence-corrected chi connectivity index (χ2v) is 8.82. The molecule has 174 valence electrons. The summed E-state index contributed by atoms with van der Waals surface area (Å²) in [6.07, 6.45) is 1.80. The van der Waals surface area contributed by atoms with Crippen molar-refractivity contribution in [1.29, 1.82) is 0 Å². The second-order valence-electron chi connectivity index (χ2n) is 8.82. The summed E-state index contributed by atoms with van der Waals surface area (Å²) in [5.74, 6) is -0.733. The zero-order valence-corrected chi connectivity index (χ0v) is 19.2. The van der Waals surface area contributed by atoms with Crippen LogP contribution in [0.2, 0.25) is 0 Å². The van der Waals surface area contributed by atoms with Crippen molar-refractivity contribution < 1.29 is 14.4 Å². The van der Waals surface area contributed by atoms with Gasteiger partial charge in [-0.25, -0.2) is 4.68 Å². The third kappa shape index (κ3) is 3.96. The standard InChI is InChI=1S/C26H27N5O3/c1-16-22(17(2)31(29-16)19-8-4-3-5-9-19)14-27-23(32)15-28-25(33)24-20-10-6-7-11-21(20)26(34)30(24)18-12-13-18/h3-11,18,24H,12-15H2,1-2H3,(H,27,32)(H,28,33). The summed E-state index contributed by atoms with van der Waals surface area (Å²) in [7, 11) is 0. The summed E-state index contributed by atoms with van der Waals surface area (Å²) >= 11 is 0. The van der Waals surface area contributed by atoms with E-state index in [1.165, 1.54) is 0 Å². The summed E-state index contributed by atoms with van der Waals surface area (Å²) in [6, 6.07) is 16.4. The van der Waals surface area contributed by atoms with Gasteiger partial charge in [0.2, 0.25) is 11.8 Å². The SMILES string of the molecule is Cc1nn(-c2ccccc2)c(C)c1CNC(=O)CNC(=O)C1c2ccccc2C(=O)N1C1CC1. The maximum absolute atomic E-state index is 13.0. The van der Waals surface area contributed by atoms with Crippen molar-refractivity contribution in [3.8, 4) is 5.69 Å². The average Bonchev–Trinajstić information content (AvgIpc) is 3.59. The van der Waals surface area contributed by atoms with E-state index in [1.54, 1.807) is 17.0 Å². The molecule has 0 radical (unpaired) electrons. The smallest absolute Gasteiger partial charge is 0.255 e. The summed E-state index contributed by atoms with van der Waals surface area (Å²) in [5, 5.41) is 10.2. The average molecular weight is 458 g/mol. The first kappa shape index (κ1) is 21.9. The van der Waals surface area contributed by atoms with E-state index in [1.807, 2.05) is 61.0 Å². The van der Waals surface area contributed by atoms with Crippen molar-refractivity contribution in [1.82, 2.24) is 25.3 Å². The van der Waals surface area contributed by atoms with Gasteiger partial charge >= 0.3 is 0 Å². The minimum absolute atomic E-state index is 0.0941. The van der Waals surface area contributed by atoms with E-state index in [0.29, 0.717) is 17.7 Å². The van der Waals surface area contributed by atoms with Gasteiger partial charge < -0.3 is 15.5 Å². The Morgan fingerprint density at radius 2 is 1.71 bits per heavy atom. The maximum atomic E-state index is 13.0. The Bertz CT molecular complexity index is 1260. The van der Waals surface area contributed by atoms with Crippen molar-refractivity contribution >= 4 is 17.7 Å². The Labute approximate surface area is 197 Å². The third-order valence-corrected chi connectivity index (χ3v) is 6.51. The lowest BCUT2D eigenvalue weighted by Crippen LogP contribution is -2.43. The molecule has 5 rings (SSSR count). The van der Waals surface area contributed by atoms with E-state index in [4.69, 9.17) is 0 Å². The molecule has 8 heteroatoms. The fourth-order valence-electron chi connectivity index (χ4n) is 4.60. The number of rotatable bonds is 7. The van der Waals surface area contributed by atoms with Crippen LogP contribution in [0.4, 0.5) is 0 Å². The number of nitrogens with zero attached hydrogens (tertiary/aromatic N) is 3. The largest absolute Gasteiger partial charge is 0.350 e. The topological polar surface area (TPSA) is 96.3 Å². The number of benzene rings is 2. The van der Waals surface area contributed by atoms with Gasteiger partial charge in [0.15, 0.2) is 0 Å². The lowest BCUT2D eigenvalue weighted by Gasteiger charge is -2.24. The van der Waals surface area contributed by atoms with Gasteiger partial charge in [0.1, 0.15) is 6.04 Å². The molecule has 1 unspecified atom stereocenters. The van der Waals surface area contributed by atoms with Gasteiger partial charge in [-0.2, -0.15) is 5.10 Å². The normalized spacial score (nSPS) is 16.9. The molecule has 0 spiro atoms. The number of aryl methyl sites for hydroxylation is 1. The fourth-order valence-corrected chi connectivity index (χ4v) is 4.60. The highest BCUT2D eigenvalue weighted by molar-refractivity contribution is 6.05. The summed E-state index contributed by atoms with van der Waals surface area (Å²) < 4.78 is 1.86. The van der Waals surface area contributed by atoms with Gasteiger partial charge in [-0.3, -0.25) is 14.4 Å². The number of nitrogens with one attached hydrogen (secondary N) is 2. The number of aromatic nitrogens is 2.